The Morgan fingerprint density at radius 2 is 1.64 bits per heavy atom. The fraction of sp³-hybridized carbons (Fsp3) is 0.0588. The molecular formula is C17H13N3O2. The fourth-order valence-electron chi connectivity index (χ4n) is 2.13. The Bertz CT molecular complexity index is 790. The van der Waals surface area contributed by atoms with Gasteiger partial charge in [0.1, 0.15) is 0 Å². The number of carbonyl (C=O) groups excluding carboxylic acids is 1. The summed E-state index contributed by atoms with van der Waals surface area (Å²) in [6.07, 6.45) is 6.77. The van der Waals surface area contributed by atoms with E-state index in [0.717, 1.165) is 16.8 Å². The molecule has 0 atom stereocenters. The molecule has 0 spiro atoms. The van der Waals surface area contributed by atoms with Crippen LogP contribution in [0.2, 0.25) is 0 Å². The molecule has 0 unspecified atom stereocenters. The topological polar surface area (TPSA) is 65.0 Å². The van der Waals surface area contributed by atoms with Gasteiger partial charge in [-0.05, 0) is 36.4 Å². The van der Waals surface area contributed by atoms with Crippen LogP contribution in [-0.2, 0) is 4.74 Å². The zero-order valence-corrected chi connectivity index (χ0v) is 11.9. The number of aromatic nitrogens is 3. The summed E-state index contributed by atoms with van der Waals surface area (Å²) in [6, 6.07) is 10.9. The van der Waals surface area contributed by atoms with Crippen LogP contribution in [0.15, 0.2) is 61.2 Å². The van der Waals surface area contributed by atoms with Gasteiger partial charge in [0.25, 0.3) is 0 Å². The zero-order chi connectivity index (χ0) is 15.4. The highest BCUT2D eigenvalue weighted by atomic mass is 16.5. The molecule has 5 heteroatoms. The lowest BCUT2D eigenvalue weighted by Crippen LogP contribution is -2.06. The first kappa shape index (κ1) is 13.9. The molecule has 0 aliphatic carbocycles. The van der Waals surface area contributed by atoms with E-state index in [1.165, 1.54) is 7.11 Å². The van der Waals surface area contributed by atoms with Gasteiger partial charge in [0, 0.05) is 35.9 Å². The van der Waals surface area contributed by atoms with Crippen molar-refractivity contribution in [3.8, 4) is 22.5 Å². The number of hydrogen-bond donors (Lipinski definition) is 0. The predicted molar refractivity (Wildman–Crippen MR) is 82.0 cm³/mol. The molecule has 0 aromatic carbocycles. The van der Waals surface area contributed by atoms with Crippen molar-refractivity contribution < 1.29 is 9.53 Å². The van der Waals surface area contributed by atoms with E-state index in [0.29, 0.717) is 11.3 Å². The number of methoxy groups -OCH3 is 1. The van der Waals surface area contributed by atoms with Gasteiger partial charge in [-0.2, -0.15) is 0 Å². The highest BCUT2D eigenvalue weighted by Gasteiger charge is 2.16. The summed E-state index contributed by atoms with van der Waals surface area (Å²) in [6.45, 7) is 0. The Morgan fingerprint density at radius 3 is 2.23 bits per heavy atom. The number of rotatable bonds is 3. The summed E-state index contributed by atoms with van der Waals surface area (Å²) in [5.74, 6) is -0.427. The first-order valence-corrected chi connectivity index (χ1v) is 6.70. The van der Waals surface area contributed by atoms with Crippen molar-refractivity contribution in [1.82, 2.24) is 15.0 Å². The van der Waals surface area contributed by atoms with E-state index in [9.17, 15) is 4.79 Å². The first-order chi connectivity index (χ1) is 10.8. The zero-order valence-electron chi connectivity index (χ0n) is 11.9. The summed E-state index contributed by atoms with van der Waals surface area (Å²) >= 11 is 0. The van der Waals surface area contributed by atoms with Gasteiger partial charge < -0.3 is 4.74 Å². The van der Waals surface area contributed by atoms with Gasteiger partial charge in [0.15, 0.2) is 0 Å². The van der Waals surface area contributed by atoms with E-state index in [1.807, 2.05) is 18.2 Å². The lowest BCUT2D eigenvalue weighted by atomic mass is 10.1. The molecule has 0 aliphatic heterocycles. The molecule has 0 radical (unpaired) electrons. The molecule has 0 fully saturated rings. The quantitative estimate of drug-likeness (QED) is 0.694. The van der Waals surface area contributed by atoms with Crippen molar-refractivity contribution in [3.05, 3.63) is 66.7 Å². The lowest BCUT2D eigenvalue weighted by molar-refractivity contribution is 0.0601. The first-order valence-electron chi connectivity index (χ1n) is 6.70. The average molecular weight is 291 g/mol. The normalized spacial score (nSPS) is 10.2. The van der Waals surface area contributed by atoms with Crippen LogP contribution in [-0.4, -0.2) is 28.0 Å². The number of ether oxygens (including phenoxy) is 1. The fourth-order valence-corrected chi connectivity index (χ4v) is 2.13. The number of nitrogens with zero attached hydrogens (tertiary/aromatic N) is 3. The number of hydrogen-bond acceptors (Lipinski definition) is 5. The molecule has 0 aliphatic rings. The van der Waals surface area contributed by atoms with E-state index in [2.05, 4.69) is 15.0 Å². The molecule has 0 saturated heterocycles. The largest absolute Gasteiger partial charge is 0.465 e. The molecule has 0 N–H and O–H groups in total. The van der Waals surface area contributed by atoms with Crippen LogP contribution in [0.5, 0.6) is 0 Å². The van der Waals surface area contributed by atoms with Crippen molar-refractivity contribution in [2.24, 2.45) is 0 Å². The van der Waals surface area contributed by atoms with Crippen LogP contribution in [0.1, 0.15) is 10.4 Å². The number of esters is 1. The van der Waals surface area contributed by atoms with Crippen molar-refractivity contribution >= 4 is 5.97 Å². The van der Waals surface area contributed by atoms with E-state index in [-0.39, 0.29) is 0 Å². The minimum Gasteiger partial charge on any atom is -0.465 e. The van der Waals surface area contributed by atoms with Gasteiger partial charge >= 0.3 is 5.97 Å². The highest BCUT2D eigenvalue weighted by Crippen LogP contribution is 2.25. The molecule has 3 rings (SSSR count). The van der Waals surface area contributed by atoms with Crippen LogP contribution >= 0.6 is 0 Å². The third-order valence-corrected chi connectivity index (χ3v) is 3.19. The van der Waals surface area contributed by atoms with Crippen molar-refractivity contribution in [2.75, 3.05) is 7.11 Å². The van der Waals surface area contributed by atoms with Crippen LogP contribution in [0, 0.1) is 0 Å². The van der Waals surface area contributed by atoms with E-state index < -0.39 is 5.97 Å². The molecule has 3 aromatic heterocycles. The highest BCUT2D eigenvalue weighted by molar-refractivity contribution is 5.96. The van der Waals surface area contributed by atoms with E-state index in [4.69, 9.17) is 4.74 Å². The molecule has 108 valence electrons. The van der Waals surface area contributed by atoms with Gasteiger partial charge in [-0.25, -0.2) is 9.78 Å². The summed E-state index contributed by atoms with van der Waals surface area (Å²) in [4.78, 5) is 24.7. The van der Waals surface area contributed by atoms with Gasteiger partial charge in [-0.1, -0.05) is 0 Å². The summed E-state index contributed by atoms with van der Waals surface area (Å²) in [7, 11) is 1.35. The second kappa shape index (κ2) is 6.13. The smallest absolute Gasteiger partial charge is 0.340 e. The van der Waals surface area contributed by atoms with Gasteiger partial charge in [-0.15, -0.1) is 0 Å². The Labute approximate surface area is 127 Å². The average Bonchev–Trinajstić information content (AvgIpc) is 2.62. The Morgan fingerprint density at radius 1 is 0.955 bits per heavy atom. The maximum absolute atomic E-state index is 12.0. The van der Waals surface area contributed by atoms with Crippen molar-refractivity contribution in [3.63, 3.8) is 0 Å². The summed E-state index contributed by atoms with van der Waals surface area (Å²) in [5, 5.41) is 0. The summed E-state index contributed by atoms with van der Waals surface area (Å²) in [5.41, 5.74) is 3.32. The monoisotopic (exact) mass is 291 g/mol. The van der Waals surface area contributed by atoms with E-state index in [1.54, 1.807) is 43.0 Å². The number of pyridine rings is 3. The molecule has 22 heavy (non-hydrogen) atoms. The Kier molecular flexibility index (Phi) is 3.87. The third kappa shape index (κ3) is 2.69. The summed E-state index contributed by atoms with van der Waals surface area (Å²) < 4.78 is 4.83. The van der Waals surface area contributed by atoms with Gasteiger partial charge in [0.2, 0.25) is 0 Å². The number of carbonyl (C=O) groups is 1. The minimum atomic E-state index is -0.427. The second-order valence-electron chi connectivity index (χ2n) is 4.57. The van der Waals surface area contributed by atoms with Crippen molar-refractivity contribution in [1.29, 1.82) is 0 Å². The maximum Gasteiger partial charge on any atom is 0.340 e. The Balaban J connectivity index is 2.17. The van der Waals surface area contributed by atoms with Gasteiger partial charge in [-0.3, -0.25) is 9.97 Å². The molecular weight excluding hydrogens is 278 g/mol. The van der Waals surface area contributed by atoms with Crippen LogP contribution in [0.25, 0.3) is 22.5 Å². The Hall–Kier alpha value is -3.08. The van der Waals surface area contributed by atoms with Crippen LogP contribution < -0.4 is 0 Å². The lowest BCUT2D eigenvalue weighted by Gasteiger charge is -2.09. The minimum absolute atomic E-state index is 0.406. The second-order valence-corrected chi connectivity index (χ2v) is 4.57. The van der Waals surface area contributed by atoms with E-state index >= 15 is 0 Å². The maximum atomic E-state index is 12.0. The van der Waals surface area contributed by atoms with Crippen LogP contribution in [0.3, 0.4) is 0 Å². The molecule has 0 amide bonds. The molecule has 3 heterocycles. The standard InChI is InChI=1S/C17H13N3O2/c1-22-17(21)14-6-7-15(12-4-2-8-18-10-12)20-16(14)13-5-3-9-19-11-13/h2-11H,1H3. The SMILES string of the molecule is COC(=O)c1ccc(-c2cccnc2)nc1-c1cccnc1. The molecule has 0 bridgehead atoms. The predicted octanol–water partition coefficient (Wildman–Crippen LogP) is 2.99. The van der Waals surface area contributed by atoms with Crippen molar-refractivity contribution in [2.45, 2.75) is 0 Å². The molecule has 3 aromatic rings. The molecule has 0 saturated carbocycles. The molecule has 5 nitrogen and oxygen atoms in total. The third-order valence-electron chi connectivity index (χ3n) is 3.19. The van der Waals surface area contributed by atoms with Crippen LogP contribution in [0.4, 0.5) is 0 Å². The van der Waals surface area contributed by atoms with Gasteiger partial charge in [0.05, 0.1) is 24.1 Å².